The van der Waals surface area contributed by atoms with Crippen LogP contribution in [0.2, 0.25) is 0 Å². The zero-order valence-electron chi connectivity index (χ0n) is 10.9. The molecule has 0 bridgehead atoms. The molecule has 0 aliphatic carbocycles. The topological polar surface area (TPSA) is 26.3 Å². The molecule has 0 amide bonds. The number of Topliss-reactive ketones (excluding diaryl/α,β-unsaturated/α-hetero) is 1. The van der Waals surface area contributed by atoms with Gasteiger partial charge in [0.05, 0.1) is 0 Å². The highest BCUT2D eigenvalue weighted by atomic mass is 19.1. The van der Waals surface area contributed by atoms with E-state index >= 15 is 0 Å². The average molecular weight is 250 g/mol. The predicted octanol–water partition coefficient (Wildman–Crippen LogP) is 3.10. The van der Waals surface area contributed by atoms with Crippen molar-refractivity contribution in [3.05, 3.63) is 35.6 Å². The Balaban J connectivity index is 2.18. The van der Waals surface area contributed by atoms with Crippen LogP contribution in [0.3, 0.4) is 0 Å². The predicted molar refractivity (Wildman–Crippen MR) is 68.0 cm³/mol. The third-order valence-corrected chi connectivity index (χ3v) is 3.77. The highest BCUT2D eigenvalue weighted by Crippen LogP contribution is 2.31. The molecule has 3 heteroatoms. The number of ether oxygens (including phenoxy) is 1. The van der Waals surface area contributed by atoms with Gasteiger partial charge in [0.1, 0.15) is 11.6 Å². The first kappa shape index (κ1) is 13.2. The van der Waals surface area contributed by atoms with E-state index in [0.717, 1.165) is 18.4 Å². The van der Waals surface area contributed by atoms with Crippen molar-refractivity contribution in [1.29, 1.82) is 0 Å². The number of hydrogen-bond acceptors (Lipinski definition) is 2. The molecule has 1 aromatic rings. The monoisotopic (exact) mass is 250 g/mol. The number of rotatable bonds is 3. The molecule has 2 nitrogen and oxygen atoms in total. The molecule has 1 saturated heterocycles. The van der Waals surface area contributed by atoms with Crippen molar-refractivity contribution in [2.24, 2.45) is 5.92 Å². The van der Waals surface area contributed by atoms with Crippen LogP contribution < -0.4 is 0 Å². The van der Waals surface area contributed by atoms with Crippen LogP contribution in [-0.4, -0.2) is 19.0 Å². The fourth-order valence-electron chi connectivity index (χ4n) is 2.48. The summed E-state index contributed by atoms with van der Waals surface area (Å²) in [5, 5.41) is 0. The Labute approximate surface area is 107 Å². The summed E-state index contributed by atoms with van der Waals surface area (Å²) in [4.78, 5) is 12.6. The highest BCUT2D eigenvalue weighted by Gasteiger charge is 2.35. The van der Waals surface area contributed by atoms with Crippen molar-refractivity contribution in [3.63, 3.8) is 0 Å². The lowest BCUT2D eigenvalue weighted by Gasteiger charge is -2.30. The van der Waals surface area contributed by atoms with Crippen molar-refractivity contribution in [3.8, 4) is 0 Å². The molecule has 1 aliphatic heterocycles. The maximum atomic E-state index is 12.9. The Morgan fingerprint density at radius 1 is 1.22 bits per heavy atom. The molecule has 0 unspecified atom stereocenters. The van der Waals surface area contributed by atoms with Crippen LogP contribution in [0, 0.1) is 11.7 Å². The van der Waals surface area contributed by atoms with Gasteiger partial charge in [-0.15, -0.1) is 0 Å². The first-order valence-corrected chi connectivity index (χ1v) is 6.40. The standard InChI is InChI=1S/C15H19FO2/c1-15(2,12-3-5-13(16)6-4-12)14(17)11-7-9-18-10-8-11/h3-6,11H,7-10H2,1-2H3. The van der Waals surface area contributed by atoms with E-state index in [1.54, 1.807) is 12.1 Å². The van der Waals surface area contributed by atoms with E-state index in [4.69, 9.17) is 4.74 Å². The van der Waals surface area contributed by atoms with Crippen molar-refractivity contribution in [2.75, 3.05) is 13.2 Å². The van der Waals surface area contributed by atoms with Gasteiger partial charge in [-0.3, -0.25) is 4.79 Å². The van der Waals surface area contributed by atoms with Crippen LogP contribution in [0.4, 0.5) is 4.39 Å². The van der Waals surface area contributed by atoms with Crippen molar-refractivity contribution in [2.45, 2.75) is 32.1 Å². The van der Waals surface area contributed by atoms with Crippen molar-refractivity contribution < 1.29 is 13.9 Å². The molecule has 0 saturated carbocycles. The van der Waals surface area contributed by atoms with Crippen LogP contribution in [0.1, 0.15) is 32.3 Å². The molecule has 98 valence electrons. The molecule has 1 fully saturated rings. The quantitative estimate of drug-likeness (QED) is 0.824. The van der Waals surface area contributed by atoms with Crippen LogP contribution in [0.5, 0.6) is 0 Å². The Kier molecular flexibility index (Phi) is 3.81. The summed E-state index contributed by atoms with van der Waals surface area (Å²) < 4.78 is 18.2. The first-order chi connectivity index (χ1) is 8.51. The van der Waals surface area contributed by atoms with E-state index in [1.165, 1.54) is 12.1 Å². The van der Waals surface area contributed by atoms with Gasteiger partial charge in [-0.1, -0.05) is 12.1 Å². The molecule has 0 atom stereocenters. The molecule has 0 radical (unpaired) electrons. The average Bonchev–Trinajstić information content (AvgIpc) is 2.39. The van der Waals surface area contributed by atoms with E-state index in [2.05, 4.69) is 0 Å². The summed E-state index contributed by atoms with van der Waals surface area (Å²) in [6.07, 6.45) is 1.59. The van der Waals surface area contributed by atoms with Gasteiger partial charge in [0.15, 0.2) is 0 Å². The number of carbonyl (C=O) groups excluding carboxylic acids is 1. The summed E-state index contributed by atoms with van der Waals surface area (Å²) >= 11 is 0. The largest absolute Gasteiger partial charge is 0.381 e. The zero-order valence-corrected chi connectivity index (χ0v) is 10.9. The molecular weight excluding hydrogens is 231 g/mol. The third kappa shape index (κ3) is 2.61. The van der Waals surface area contributed by atoms with E-state index in [-0.39, 0.29) is 17.5 Å². The summed E-state index contributed by atoms with van der Waals surface area (Å²) in [5.74, 6) is 0.0317. The van der Waals surface area contributed by atoms with E-state index in [0.29, 0.717) is 13.2 Å². The number of benzene rings is 1. The fraction of sp³-hybridized carbons (Fsp3) is 0.533. The SMILES string of the molecule is CC(C)(C(=O)C1CCOCC1)c1ccc(F)cc1. The summed E-state index contributed by atoms with van der Waals surface area (Å²) in [5.41, 5.74) is 0.316. The minimum atomic E-state index is -0.560. The smallest absolute Gasteiger partial charge is 0.146 e. The third-order valence-electron chi connectivity index (χ3n) is 3.77. The van der Waals surface area contributed by atoms with Gasteiger partial charge in [-0.25, -0.2) is 4.39 Å². The van der Waals surface area contributed by atoms with Gasteiger partial charge in [-0.05, 0) is 44.4 Å². The lowest BCUT2D eigenvalue weighted by atomic mass is 9.74. The molecule has 1 heterocycles. The van der Waals surface area contributed by atoms with Gasteiger partial charge in [0.2, 0.25) is 0 Å². The molecule has 18 heavy (non-hydrogen) atoms. The number of halogens is 1. The number of ketones is 1. The van der Waals surface area contributed by atoms with Crippen LogP contribution in [-0.2, 0) is 14.9 Å². The van der Waals surface area contributed by atoms with Crippen molar-refractivity contribution >= 4 is 5.78 Å². The number of carbonyl (C=O) groups is 1. The van der Waals surface area contributed by atoms with Gasteiger partial charge in [-0.2, -0.15) is 0 Å². The minimum absolute atomic E-state index is 0.0683. The summed E-state index contributed by atoms with van der Waals surface area (Å²) in [6, 6.07) is 6.22. The van der Waals surface area contributed by atoms with Crippen LogP contribution in [0.25, 0.3) is 0 Å². The van der Waals surface area contributed by atoms with Gasteiger partial charge in [0.25, 0.3) is 0 Å². The Morgan fingerprint density at radius 3 is 2.33 bits per heavy atom. The Morgan fingerprint density at radius 2 is 1.78 bits per heavy atom. The molecule has 0 aromatic heterocycles. The molecule has 2 rings (SSSR count). The Hall–Kier alpha value is -1.22. The molecule has 1 aromatic carbocycles. The van der Waals surface area contributed by atoms with E-state index in [9.17, 15) is 9.18 Å². The van der Waals surface area contributed by atoms with Gasteiger partial charge < -0.3 is 4.74 Å². The van der Waals surface area contributed by atoms with Crippen LogP contribution in [0.15, 0.2) is 24.3 Å². The zero-order chi connectivity index (χ0) is 13.2. The second kappa shape index (κ2) is 5.19. The summed E-state index contributed by atoms with van der Waals surface area (Å²) in [6.45, 7) is 5.15. The maximum absolute atomic E-state index is 12.9. The minimum Gasteiger partial charge on any atom is -0.381 e. The second-order valence-corrected chi connectivity index (χ2v) is 5.38. The fourth-order valence-corrected chi connectivity index (χ4v) is 2.48. The summed E-state index contributed by atoms with van der Waals surface area (Å²) in [7, 11) is 0. The van der Waals surface area contributed by atoms with E-state index in [1.807, 2.05) is 13.8 Å². The molecule has 1 aliphatic rings. The maximum Gasteiger partial charge on any atom is 0.146 e. The lowest BCUT2D eigenvalue weighted by Crippen LogP contribution is -2.37. The molecule has 0 spiro atoms. The van der Waals surface area contributed by atoms with Gasteiger partial charge >= 0.3 is 0 Å². The Bertz CT molecular complexity index is 417. The van der Waals surface area contributed by atoms with Gasteiger partial charge in [0, 0.05) is 24.5 Å². The van der Waals surface area contributed by atoms with E-state index < -0.39 is 5.41 Å². The molecule has 0 N–H and O–H groups in total. The normalized spacial score (nSPS) is 17.7. The molecular formula is C15H19FO2. The van der Waals surface area contributed by atoms with Crippen molar-refractivity contribution in [1.82, 2.24) is 0 Å². The van der Waals surface area contributed by atoms with Crippen LogP contribution >= 0.6 is 0 Å². The first-order valence-electron chi connectivity index (χ1n) is 6.40. The lowest BCUT2D eigenvalue weighted by molar-refractivity contribution is -0.130. The number of hydrogen-bond donors (Lipinski definition) is 0. The second-order valence-electron chi connectivity index (χ2n) is 5.38. The highest BCUT2D eigenvalue weighted by molar-refractivity contribution is 5.91.